The second-order valence-corrected chi connectivity index (χ2v) is 2.89. The van der Waals surface area contributed by atoms with Crippen molar-refractivity contribution < 1.29 is 9.63 Å². The topological polar surface area (TPSA) is 54.1 Å². The number of benzene rings is 1. The number of H-pyrrole nitrogens is 1. The van der Waals surface area contributed by atoms with Crippen LogP contribution in [-0.2, 0) is 4.84 Å². The number of amides is 1. The van der Waals surface area contributed by atoms with Gasteiger partial charge in [0, 0.05) is 11.6 Å². The number of hydrogen-bond donors (Lipinski definition) is 2. The average Bonchev–Trinajstić information content (AvgIpc) is 2.61. The molecule has 72 valence electrons. The summed E-state index contributed by atoms with van der Waals surface area (Å²) in [4.78, 5) is 18.9. The maximum absolute atomic E-state index is 11.5. The molecule has 0 saturated heterocycles. The number of hydrogen-bond acceptors (Lipinski definition) is 2. The highest BCUT2D eigenvalue weighted by Crippen LogP contribution is 2.17. The number of rotatable bonds is 2. The minimum Gasteiger partial charge on any atom is -0.356 e. The predicted molar refractivity (Wildman–Crippen MR) is 52.8 cm³/mol. The summed E-state index contributed by atoms with van der Waals surface area (Å²) in [5.74, 6) is -0.270. The van der Waals surface area contributed by atoms with E-state index in [4.69, 9.17) is 0 Å². The summed E-state index contributed by atoms with van der Waals surface area (Å²) in [7, 11) is 1.41. The molecular weight excluding hydrogens is 180 g/mol. The lowest BCUT2D eigenvalue weighted by atomic mass is 10.2. The van der Waals surface area contributed by atoms with Crippen molar-refractivity contribution in [3.8, 4) is 0 Å². The molecule has 14 heavy (non-hydrogen) atoms. The summed E-state index contributed by atoms with van der Waals surface area (Å²) in [5, 5.41) is 1.90. The van der Waals surface area contributed by atoms with Crippen LogP contribution >= 0.6 is 0 Å². The molecule has 0 fully saturated rings. The first kappa shape index (κ1) is 8.77. The molecule has 0 aliphatic heterocycles. The fourth-order valence-corrected chi connectivity index (χ4v) is 1.41. The Morgan fingerprint density at radius 2 is 2.21 bits per heavy atom. The molecule has 1 aromatic heterocycles. The SMILES string of the molecule is CONC(=O)c1[nH]cc2ccccc12. The zero-order valence-corrected chi connectivity index (χ0v) is 7.70. The van der Waals surface area contributed by atoms with Crippen LogP contribution in [0.5, 0.6) is 0 Å². The smallest absolute Gasteiger partial charge is 0.291 e. The van der Waals surface area contributed by atoms with Crippen molar-refractivity contribution in [3.63, 3.8) is 0 Å². The Balaban J connectivity index is 2.47. The lowest BCUT2D eigenvalue weighted by molar-refractivity contribution is 0.0535. The number of aromatic nitrogens is 1. The molecule has 2 aromatic rings. The van der Waals surface area contributed by atoms with Crippen LogP contribution in [0.25, 0.3) is 10.8 Å². The zero-order chi connectivity index (χ0) is 9.97. The molecule has 0 aliphatic carbocycles. The van der Waals surface area contributed by atoms with Crippen molar-refractivity contribution in [3.05, 3.63) is 36.2 Å². The van der Waals surface area contributed by atoms with Gasteiger partial charge in [0.25, 0.3) is 5.91 Å². The van der Waals surface area contributed by atoms with E-state index in [2.05, 4.69) is 15.3 Å². The first-order valence-electron chi connectivity index (χ1n) is 4.22. The minimum atomic E-state index is -0.270. The fraction of sp³-hybridized carbons (Fsp3) is 0.100. The molecule has 0 radical (unpaired) electrons. The first-order chi connectivity index (χ1) is 6.83. The van der Waals surface area contributed by atoms with Gasteiger partial charge in [0.15, 0.2) is 0 Å². The highest BCUT2D eigenvalue weighted by atomic mass is 16.6. The lowest BCUT2D eigenvalue weighted by Gasteiger charge is -1.99. The van der Waals surface area contributed by atoms with Crippen LogP contribution in [0.4, 0.5) is 0 Å². The predicted octanol–water partition coefficient (Wildman–Crippen LogP) is 1.46. The van der Waals surface area contributed by atoms with Gasteiger partial charge in [-0.1, -0.05) is 24.3 Å². The lowest BCUT2D eigenvalue weighted by Crippen LogP contribution is -2.22. The Morgan fingerprint density at radius 1 is 1.43 bits per heavy atom. The summed E-state index contributed by atoms with van der Waals surface area (Å²) < 4.78 is 0. The van der Waals surface area contributed by atoms with Gasteiger partial charge in [-0.2, -0.15) is 0 Å². The fourth-order valence-electron chi connectivity index (χ4n) is 1.41. The van der Waals surface area contributed by atoms with E-state index in [0.29, 0.717) is 5.69 Å². The molecule has 4 heteroatoms. The van der Waals surface area contributed by atoms with Gasteiger partial charge in [-0.15, -0.1) is 0 Å². The Kier molecular flexibility index (Phi) is 2.20. The molecule has 0 aliphatic rings. The van der Waals surface area contributed by atoms with Gasteiger partial charge in [-0.25, -0.2) is 5.48 Å². The molecule has 1 amide bonds. The van der Waals surface area contributed by atoms with Gasteiger partial charge in [0.05, 0.1) is 7.11 Å². The van der Waals surface area contributed by atoms with Crippen molar-refractivity contribution in [2.24, 2.45) is 0 Å². The van der Waals surface area contributed by atoms with Crippen LogP contribution in [-0.4, -0.2) is 18.0 Å². The Bertz CT molecular complexity index is 462. The monoisotopic (exact) mass is 190 g/mol. The highest BCUT2D eigenvalue weighted by Gasteiger charge is 2.10. The molecular formula is C10H10N2O2. The third-order valence-electron chi connectivity index (χ3n) is 2.02. The molecule has 0 spiro atoms. The maximum atomic E-state index is 11.5. The van der Waals surface area contributed by atoms with Gasteiger partial charge in [0.1, 0.15) is 5.69 Å². The van der Waals surface area contributed by atoms with Gasteiger partial charge in [-0.05, 0) is 5.39 Å². The number of fused-ring (bicyclic) bond motifs is 1. The van der Waals surface area contributed by atoms with Crippen LogP contribution < -0.4 is 5.48 Å². The third-order valence-corrected chi connectivity index (χ3v) is 2.02. The Labute approximate surface area is 80.8 Å². The quantitative estimate of drug-likeness (QED) is 0.704. The summed E-state index contributed by atoms with van der Waals surface area (Å²) in [5.41, 5.74) is 2.79. The van der Waals surface area contributed by atoms with Crippen LogP contribution in [0.15, 0.2) is 30.5 Å². The molecule has 4 nitrogen and oxygen atoms in total. The number of nitrogens with one attached hydrogen (secondary N) is 2. The standard InChI is InChI=1S/C10H10N2O2/c1-14-12-10(13)9-8-5-3-2-4-7(8)6-11-9/h2-6,11H,1H3,(H,12,13). The summed E-state index contributed by atoms with van der Waals surface area (Å²) in [6.45, 7) is 0. The summed E-state index contributed by atoms with van der Waals surface area (Å²) in [6, 6.07) is 7.64. The van der Waals surface area contributed by atoms with E-state index in [-0.39, 0.29) is 5.91 Å². The maximum Gasteiger partial charge on any atom is 0.291 e. The minimum absolute atomic E-state index is 0.270. The van der Waals surface area contributed by atoms with E-state index in [1.807, 2.05) is 24.3 Å². The molecule has 0 saturated carbocycles. The van der Waals surface area contributed by atoms with Crippen LogP contribution in [0.2, 0.25) is 0 Å². The van der Waals surface area contributed by atoms with Gasteiger partial charge in [0.2, 0.25) is 0 Å². The highest BCUT2D eigenvalue weighted by molar-refractivity contribution is 6.05. The summed E-state index contributed by atoms with van der Waals surface area (Å²) >= 11 is 0. The normalized spacial score (nSPS) is 10.4. The zero-order valence-electron chi connectivity index (χ0n) is 7.70. The molecule has 0 bridgehead atoms. The molecule has 1 aromatic carbocycles. The van der Waals surface area contributed by atoms with E-state index >= 15 is 0 Å². The van der Waals surface area contributed by atoms with Gasteiger partial charge < -0.3 is 4.98 Å². The van der Waals surface area contributed by atoms with Crippen molar-refractivity contribution in [2.75, 3.05) is 7.11 Å². The van der Waals surface area contributed by atoms with Crippen molar-refractivity contribution >= 4 is 16.7 Å². The number of hydroxylamine groups is 1. The first-order valence-corrected chi connectivity index (χ1v) is 4.22. The molecule has 0 atom stereocenters. The summed E-state index contributed by atoms with van der Waals surface area (Å²) in [6.07, 6.45) is 1.79. The molecule has 1 heterocycles. The van der Waals surface area contributed by atoms with Crippen LogP contribution in [0.3, 0.4) is 0 Å². The van der Waals surface area contributed by atoms with E-state index in [1.165, 1.54) is 7.11 Å². The van der Waals surface area contributed by atoms with Crippen LogP contribution in [0, 0.1) is 0 Å². The largest absolute Gasteiger partial charge is 0.356 e. The number of aromatic amines is 1. The van der Waals surface area contributed by atoms with Crippen molar-refractivity contribution in [1.82, 2.24) is 10.5 Å². The Hall–Kier alpha value is -1.81. The molecule has 0 unspecified atom stereocenters. The third kappa shape index (κ3) is 1.36. The second-order valence-electron chi connectivity index (χ2n) is 2.89. The average molecular weight is 190 g/mol. The molecule has 2 rings (SSSR count). The van der Waals surface area contributed by atoms with E-state index < -0.39 is 0 Å². The van der Waals surface area contributed by atoms with Crippen LogP contribution in [0.1, 0.15) is 10.5 Å². The molecule has 2 N–H and O–H groups in total. The second kappa shape index (κ2) is 3.51. The number of carbonyl (C=O) groups is 1. The van der Waals surface area contributed by atoms with Gasteiger partial charge in [-0.3, -0.25) is 9.63 Å². The van der Waals surface area contributed by atoms with Crippen molar-refractivity contribution in [1.29, 1.82) is 0 Å². The Morgan fingerprint density at radius 3 is 3.00 bits per heavy atom. The van der Waals surface area contributed by atoms with Gasteiger partial charge >= 0.3 is 0 Å². The van der Waals surface area contributed by atoms with E-state index in [9.17, 15) is 4.79 Å². The van der Waals surface area contributed by atoms with E-state index in [0.717, 1.165) is 10.8 Å². The van der Waals surface area contributed by atoms with E-state index in [1.54, 1.807) is 6.20 Å². The van der Waals surface area contributed by atoms with Crippen molar-refractivity contribution in [2.45, 2.75) is 0 Å². The number of carbonyl (C=O) groups excluding carboxylic acids is 1.